The molecule has 5 rings (SSSR count). The van der Waals surface area contributed by atoms with Crippen LogP contribution in [-0.4, -0.2) is 50.7 Å². The van der Waals surface area contributed by atoms with Crippen molar-refractivity contribution in [3.05, 3.63) is 66.2 Å². The van der Waals surface area contributed by atoms with Gasteiger partial charge >= 0.3 is 0 Å². The van der Waals surface area contributed by atoms with Gasteiger partial charge in [-0.1, -0.05) is 12.1 Å². The number of nitrogens with zero attached hydrogens (tertiary/aromatic N) is 5. The van der Waals surface area contributed by atoms with Crippen LogP contribution in [0.3, 0.4) is 0 Å². The van der Waals surface area contributed by atoms with Gasteiger partial charge in [-0.15, -0.1) is 0 Å². The topological polar surface area (TPSA) is 85.0 Å². The summed E-state index contributed by atoms with van der Waals surface area (Å²) < 4.78 is 2.20. The SMILES string of the molecule is N#Cc1ccc(-c2nc3ccc(-c4cn[nH]c4)cn3c2CN2CCCNCC2)cc1. The van der Waals surface area contributed by atoms with Crippen molar-refractivity contribution in [2.75, 3.05) is 26.2 Å². The van der Waals surface area contributed by atoms with Crippen LogP contribution in [0.25, 0.3) is 28.0 Å². The van der Waals surface area contributed by atoms with E-state index < -0.39 is 0 Å². The Morgan fingerprint density at radius 3 is 2.67 bits per heavy atom. The summed E-state index contributed by atoms with van der Waals surface area (Å²) in [5.41, 5.74) is 6.90. The van der Waals surface area contributed by atoms with Crippen LogP contribution < -0.4 is 5.32 Å². The van der Waals surface area contributed by atoms with Crippen molar-refractivity contribution in [2.24, 2.45) is 0 Å². The molecule has 0 amide bonds. The Hall–Kier alpha value is -3.47. The van der Waals surface area contributed by atoms with Crippen molar-refractivity contribution in [3.8, 4) is 28.5 Å². The van der Waals surface area contributed by atoms with Crippen molar-refractivity contribution in [1.29, 1.82) is 5.26 Å². The molecule has 0 unspecified atom stereocenters. The highest BCUT2D eigenvalue weighted by Crippen LogP contribution is 2.28. The van der Waals surface area contributed by atoms with E-state index in [2.05, 4.69) is 49.2 Å². The maximum atomic E-state index is 9.14. The van der Waals surface area contributed by atoms with Crippen molar-refractivity contribution >= 4 is 5.65 Å². The van der Waals surface area contributed by atoms with E-state index in [-0.39, 0.29) is 0 Å². The average Bonchev–Trinajstić information content (AvgIpc) is 3.36. The summed E-state index contributed by atoms with van der Waals surface area (Å²) in [5, 5.41) is 19.6. The van der Waals surface area contributed by atoms with Gasteiger partial charge < -0.3 is 9.72 Å². The van der Waals surface area contributed by atoms with Gasteiger partial charge in [-0.25, -0.2) is 4.98 Å². The molecule has 0 bridgehead atoms. The fourth-order valence-corrected chi connectivity index (χ4v) is 4.03. The van der Waals surface area contributed by atoms with E-state index in [9.17, 15) is 0 Å². The smallest absolute Gasteiger partial charge is 0.137 e. The molecule has 7 nitrogen and oxygen atoms in total. The van der Waals surface area contributed by atoms with E-state index in [0.717, 1.165) is 67.2 Å². The third-order valence-corrected chi connectivity index (χ3v) is 5.64. The lowest BCUT2D eigenvalue weighted by Crippen LogP contribution is -2.28. The van der Waals surface area contributed by atoms with E-state index in [1.807, 2.05) is 36.7 Å². The normalized spacial score (nSPS) is 15.2. The van der Waals surface area contributed by atoms with Crippen LogP contribution in [0.4, 0.5) is 0 Å². The minimum Gasteiger partial charge on any atom is -0.315 e. The largest absolute Gasteiger partial charge is 0.315 e. The summed E-state index contributed by atoms with van der Waals surface area (Å²) in [7, 11) is 0. The average molecular weight is 397 g/mol. The molecule has 0 spiro atoms. The lowest BCUT2D eigenvalue weighted by Gasteiger charge is -2.20. The zero-order valence-corrected chi connectivity index (χ0v) is 16.7. The molecule has 0 saturated carbocycles. The molecule has 0 aliphatic carbocycles. The molecule has 1 aromatic carbocycles. The van der Waals surface area contributed by atoms with Crippen LogP contribution in [0.1, 0.15) is 17.7 Å². The predicted molar refractivity (Wildman–Crippen MR) is 116 cm³/mol. The Kier molecular flexibility index (Phi) is 5.01. The Labute approximate surface area is 175 Å². The third-order valence-electron chi connectivity index (χ3n) is 5.64. The molecule has 3 aromatic heterocycles. The summed E-state index contributed by atoms with van der Waals surface area (Å²) in [6, 6.07) is 14.0. The number of aromatic nitrogens is 4. The first kappa shape index (κ1) is 18.6. The van der Waals surface area contributed by atoms with Gasteiger partial charge in [0.2, 0.25) is 0 Å². The van der Waals surface area contributed by atoms with E-state index in [4.69, 9.17) is 10.2 Å². The number of nitrogens with one attached hydrogen (secondary N) is 2. The fraction of sp³-hybridized carbons (Fsp3) is 0.261. The minimum atomic E-state index is 0.657. The van der Waals surface area contributed by atoms with Crippen LogP contribution in [-0.2, 0) is 6.54 Å². The highest BCUT2D eigenvalue weighted by Gasteiger charge is 2.19. The maximum absolute atomic E-state index is 9.14. The van der Waals surface area contributed by atoms with Crippen LogP contribution in [0, 0.1) is 11.3 Å². The monoisotopic (exact) mass is 397 g/mol. The molecule has 1 fully saturated rings. The van der Waals surface area contributed by atoms with E-state index in [0.29, 0.717) is 5.56 Å². The van der Waals surface area contributed by atoms with Gasteiger partial charge in [-0.2, -0.15) is 10.4 Å². The predicted octanol–water partition coefficient (Wildman–Crippen LogP) is 3.06. The van der Waals surface area contributed by atoms with Crippen LogP contribution in [0.2, 0.25) is 0 Å². The van der Waals surface area contributed by atoms with Gasteiger partial charge in [-0.05, 0) is 43.8 Å². The van der Waals surface area contributed by atoms with E-state index >= 15 is 0 Å². The molecule has 150 valence electrons. The second kappa shape index (κ2) is 8.11. The molecular formula is C23H23N7. The minimum absolute atomic E-state index is 0.657. The van der Waals surface area contributed by atoms with Crippen molar-refractivity contribution in [2.45, 2.75) is 13.0 Å². The van der Waals surface area contributed by atoms with Crippen molar-refractivity contribution in [3.63, 3.8) is 0 Å². The van der Waals surface area contributed by atoms with E-state index in [1.54, 1.807) is 0 Å². The van der Waals surface area contributed by atoms with Crippen LogP contribution >= 0.6 is 0 Å². The third kappa shape index (κ3) is 3.59. The molecule has 30 heavy (non-hydrogen) atoms. The molecule has 1 aliphatic heterocycles. The second-order valence-corrected chi connectivity index (χ2v) is 7.61. The number of imidazole rings is 1. The van der Waals surface area contributed by atoms with Crippen molar-refractivity contribution < 1.29 is 0 Å². The van der Waals surface area contributed by atoms with Gasteiger partial charge in [0.05, 0.1) is 29.2 Å². The number of pyridine rings is 1. The molecular weight excluding hydrogens is 374 g/mol. The number of H-pyrrole nitrogens is 1. The molecule has 1 aliphatic rings. The number of fused-ring (bicyclic) bond motifs is 1. The zero-order chi connectivity index (χ0) is 20.3. The number of hydrogen-bond acceptors (Lipinski definition) is 5. The molecule has 4 heterocycles. The van der Waals surface area contributed by atoms with Gasteiger partial charge in [0.1, 0.15) is 5.65 Å². The highest BCUT2D eigenvalue weighted by atomic mass is 15.2. The standard InChI is InChI=1S/C23H23N7/c24-12-17-2-4-18(5-3-17)23-21(16-29-10-1-8-25-9-11-29)30-15-19(6-7-22(30)28-23)20-13-26-27-14-20/h2-7,13-15,25H,1,8-11,16H2,(H,26,27). The molecule has 4 aromatic rings. The first-order valence-corrected chi connectivity index (χ1v) is 10.3. The number of hydrogen-bond donors (Lipinski definition) is 2. The lowest BCUT2D eigenvalue weighted by atomic mass is 10.1. The summed E-state index contributed by atoms with van der Waals surface area (Å²) >= 11 is 0. The van der Waals surface area contributed by atoms with Gasteiger partial charge in [0, 0.05) is 48.7 Å². The quantitative estimate of drug-likeness (QED) is 0.553. The number of rotatable bonds is 4. The lowest BCUT2D eigenvalue weighted by molar-refractivity contribution is 0.281. The summed E-state index contributed by atoms with van der Waals surface area (Å²) in [6.45, 7) is 4.98. The zero-order valence-electron chi connectivity index (χ0n) is 16.7. The first-order chi connectivity index (χ1) is 14.8. The number of nitriles is 1. The van der Waals surface area contributed by atoms with Crippen molar-refractivity contribution in [1.82, 2.24) is 29.8 Å². The Balaban J connectivity index is 1.62. The molecule has 7 heteroatoms. The first-order valence-electron chi connectivity index (χ1n) is 10.3. The second-order valence-electron chi connectivity index (χ2n) is 7.61. The molecule has 1 saturated heterocycles. The summed E-state index contributed by atoms with van der Waals surface area (Å²) in [4.78, 5) is 7.45. The molecule has 0 atom stereocenters. The molecule has 2 N–H and O–H groups in total. The Bertz CT molecular complexity index is 1170. The summed E-state index contributed by atoms with van der Waals surface area (Å²) in [6.07, 6.45) is 7.02. The van der Waals surface area contributed by atoms with Crippen LogP contribution in [0.15, 0.2) is 55.0 Å². The van der Waals surface area contributed by atoms with Gasteiger partial charge in [0.15, 0.2) is 0 Å². The van der Waals surface area contributed by atoms with Gasteiger partial charge in [-0.3, -0.25) is 10.00 Å². The van der Waals surface area contributed by atoms with E-state index in [1.165, 1.54) is 5.69 Å². The number of benzene rings is 1. The molecule has 0 radical (unpaired) electrons. The highest BCUT2D eigenvalue weighted by molar-refractivity contribution is 5.70. The Morgan fingerprint density at radius 1 is 1.00 bits per heavy atom. The fourth-order valence-electron chi connectivity index (χ4n) is 4.03. The summed E-state index contributed by atoms with van der Waals surface area (Å²) in [5.74, 6) is 0. The maximum Gasteiger partial charge on any atom is 0.137 e. The van der Waals surface area contributed by atoms with Gasteiger partial charge in [0.25, 0.3) is 0 Å². The number of aromatic amines is 1. The Morgan fingerprint density at radius 2 is 1.87 bits per heavy atom. The van der Waals surface area contributed by atoms with Crippen LogP contribution in [0.5, 0.6) is 0 Å².